The van der Waals surface area contributed by atoms with Crippen molar-refractivity contribution >= 4 is 11.7 Å². The van der Waals surface area contributed by atoms with E-state index in [1.807, 2.05) is 30.3 Å². The molecule has 1 rings (SSSR count). The molecule has 4 N–H and O–H groups in total. The predicted molar refractivity (Wildman–Crippen MR) is 68.5 cm³/mol. The summed E-state index contributed by atoms with van der Waals surface area (Å²) in [5.41, 5.74) is 12.5. The second-order valence-corrected chi connectivity index (χ2v) is 3.51. The number of rotatable bonds is 5. The van der Waals surface area contributed by atoms with E-state index in [0.29, 0.717) is 31.1 Å². The summed E-state index contributed by atoms with van der Waals surface area (Å²) in [5, 5.41) is 0. The lowest BCUT2D eigenvalue weighted by atomic mass is 10.2. The zero-order chi connectivity index (χ0) is 11.8. The lowest BCUT2D eigenvalue weighted by molar-refractivity contribution is 1.01. The molecule has 86 valence electrons. The molecule has 0 aliphatic carbocycles. The number of aliphatic imine (C=N–C) groups is 2. The van der Waals surface area contributed by atoms with E-state index in [1.54, 1.807) is 7.05 Å². The molecule has 0 spiro atoms. The molecule has 0 fully saturated rings. The summed E-state index contributed by atoms with van der Waals surface area (Å²) < 4.78 is 0. The lowest BCUT2D eigenvalue weighted by Gasteiger charge is -2.01. The van der Waals surface area contributed by atoms with Crippen LogP contribution in [0.1, 0.15) is 18.4 Å². The Balaban J connectivity index is 2.40. The molecule has 0 radical (unpaired) electrons. The normalized spacial score (nSPS) is 12.8. The third kappa shape index (κ3) is 4.59. The Bertz CT molecular complexity index is 368. The Morgan fingerprint density at radius 3 is 2.31 bits per heavy atom. The Hall–Kier alpha value is -1.84. The van der Waals surface area contributed by atoms with Crippen LogP contribution < -0.4 is 11.5 Å². The van der Waals surface area contributed by atoms with Gasteiger partial charge in [0.05, 0.1) is 18.2 Å². The first kappa shape index (κ1) is 12.2. The van der Waals surface area contributed by atoms with Crippen molar-refractivity contribution in [1.82, 2.24) is 0 Å². The van der Waals surface area contributed by atoms with Gasteiger partial charge in [0.25, 0.3) is 0 Å². The third-order valence-electron chi connectivity index (χ3n) is 2.23. The zero-order valence-electron chi connectivity index (χ0n) is 9.56. The maximum Gasteiger partial charge on any atom is 0.0945 e. The van der Waals surface area contributed by atoms with E-state index >= 15 is 0 Å². The molecule has 1 aromatic rings. The van der Waals surface area contributed by atoms with E-state index in [9.17, 15) is 0 Å². The first-order valence-corrected chi connectivity index (χ1v) is 5.26. The highest BCUT2D eigenvalue weighted by atomic mass is 14.9. The van der Waals surface area contributed by atoms with Gasteiger partial charge in [-0.25, -0.2) is 0 Å². The summed E-state index contributed by atoms with van der Waals surface area (Å²) in [7, 11) is 1.67. The van der Waals surface area contributed by atoms with Gasteiger partial charge >= 0.3 is 0 Å². The zero-order valence-corrected chi connectivity index (χ0v) is 9.56. The molecule has 0 heterocycles. The molecule has 0 atom stereocenters. The van der Waals surface area contributed by atoms with Gasteiger partial charge in [-0.05, 0) is 5.56 Å². The van der Waals surface area contributed by atoms with Crippen LogP contribution in [0.25, 0.3) is 0 Å². The SMILES string of the molecule is CN=C(N)CCC(N)=NCc1ccccc1. The summed E-state index contributed by atoms with van der Waals surface area (Å²) in [5.74, 6) is 1.23. The van der Waals surface area contributed by atoms with Crippen molar-refractivity contribution in [3.8, 4) is 0 Å². The van der Waals surface area contributed by atoms with Crippen LogP contribution in [0.3, 0.4) is 0 Å². The molecule has 16 heavy (non-hydrogen) atoms. The van der Waals surface area contributed by atoms with Gasteiger partial charge in [0.15, 0.2) is 0 Å². The Kier molecular flexibility index (Phi) is 5.05. The quantitative estimate of drug-likeness (QED) is 0.577. The van der Waals surface area contributed by atoms with Crippen LogP contribution in [0.2, 0.25) is 0 Å². The van der Waals surface area contributed by atoms with Gasteiger partial charge in [-0.15, -0.1) is 0 Å². The monoisotopic (exact) mass is 218 g/mol. The van der Waals surface area contributed by atoms with Crippen molar-refractivity contribution in [2.75, 3.05) is 7.05 Å². The fourth-order valence-corrected chi connectivity index (χ4v) is 1.22. The molecule has 0 amide bonds. The van der Waals surface area contributed by atoms with Crippen LogP contribution in [0.4, 0.5) is 0 Å². The number of hydrogen-bond donors (Lipinski definition) is 2. The molecule has 0 aromatic heterocycles. The summed E-state index contributed by atoms with van der Waals surface area (Å²) in [6, 6.07) is 10.0. The maximum absolute atomic E-state index is 5.76. The fourth-order valence-electron chi connectivity index (χ4n) is 1.22. The molecule has 0 bridgehead atoms. The van der Waals surface area contributed by atoms with Gasteiger partial charge in [0.2, 0.25) is 0 Å². The Labute approximate surface area is 96.1 Å². The molecule has 4 heteroatoms. The predicted octanol–water partition coefficient (Wildman–Crippen LogP) is 1.31. The molecule has 4 nitrogen and oxygen atoms in total. The third-order valence-corrected chi connectivity index (χ3v) is 2.23. The van der Waals surface area contributed by atoms with Gasteiger partial charge in [-0.1, -0.05) is 30.3 Å². The van der Waals surface area contributed by atoms with Crippen LogP contribution >= 0.6 is 0 Å². The van der Waals surface area contributed by atoms with Gasteiger partial charge in [0.1, 0.15) is 0 Å². The average molecular weight is 218 g/mol. The number of amidine groups is 2. The first-order chi connectivity index (χ1) is 7.72. The van der Waals surface area contributed by atoms with E-state index in [4.69, 9.17) is 11.5 Å². The minimum Gasteiger partial charge on any atom is -0.387 e. The van der Waals surface area contributed by atoms with Gasteiger partial charge in [0, 0.05) is 19.9 Å². The second kappa shape index (κ2) is 6.61. The van der Waals surface area contributed by atoms with Crippen LogP contribution in [0.15, 0.2) is 40.3 Å². The van der Waals surface area contributed by atoms with Gasteiger partial charge in [-0.3, -0.25) is 9.98 Å². The van der Waals surface area contributed by atoms with E-state index in [0.717, 1.165) is 5.56 Å². The summed E-state index contributed by atoms with van der Waals surface area (Å²) in [4.78, 5) is 8.15. The van der Waals surface area contributed by atoms with Crippen LogP contribution in [0, 0.1) is 0 Å². The van der Waals surface area contributed by atoms with Gasteiger partial charge < -0.3 is 11.5 Å². The van der Waals surface area contributed by atoms with Crippen molar-refractivity contribution in [3.05, 3.63) is 35.9 Å². The molecule has 1 aromatic carbocycles. The molecule has 0 aliphatic rings. The minimum atomic E-state index is 0.609. The van der Waals surface area contributed by atoms with Crippen molar-refractivity contribution < 1.29 is 0 Å². The fraction of sp³-hybridized carbons (Fsp3) is 0.333. The topological polar surface area (TPSA) is 76.8 Å². The molecule has 0 saturated carbocycles. The molecule has 0 aliphatic heterocycles. The second-order valence-electron chi connectivity index (χ2n) is 3.51. The van der Waals surface area contributed by atoms with E-state index in [-0.39, 0.29) is 0 Å². The summed E-state index contributed by atoms with van der Waals surface area (Å²) >= 11 is 0. The van der Waals surface area contributed by atoms with Crippen molar-refractivity contribution in [2.45, 2.75) is 19.4 Å². The Morgan fingerprint density at radius 1 is 1.06 bits per heavy atom. The largest absolute Gasteiger partial charge is 0.387 e. The summed E-state index contributed by atoms with van der Waals surface area (Å²) in [6.07, 6.45) is 1.33. The highest BCUT2D eigenvalue weighted by molar-refractivity contribution is 5.87. The van der Waals surface area contributed by atoms with Crippen molar-refractivity contribution in [3.63, 3.8) is 0 Å². The number of nitrogens with two attached hydrogens (primary N) is 2. The first-order valence-electron chi connectivity index (χ1n) is 5.26. The standard InChI is InChI=1S/C12H18N4/c1-15-11(13)7-8-12(14)16-9-10-5-3-2-4-6-10/h2-6H,7-9H2,1H3,(H2,13,15)(H2,14,16). The molecule has 0 unspecified atom stereocenters. The maximum atomic E-state index is 5.76. The van der Waals surface area contributed by atoms with Gasteiger partial charge in [-0.2, -0.15) is 0 Å². The van der Waals surface area contributed by atoms with Crippen molar-refractivity contribution in [2.24, 2.45) is 21.5 Å². The smallest absolute Gasteiger partial charge is 0.0945 e. The van der Waals surface area contributed by atoms with Crippen LogP contribution in [0.5, 0.6) is 0 Å². The number of hydrogen-bond acceptors (Lipinski definition) is 2. The average Bonchev–Trinajstić information content (AvgIpc) is 2.34. The van der Waals surface area contributed by atoms with E-state index < -0.39 is 0 Å². The van der Waals surface area contributed by atoms with E-state index in [2.05, 4.69) is 9.98 Å². The lowest BCUT2D eigenvalue weighted by Crippen LogP contribution is -2.18. The highest BCUT2D eigenvalue weighted by Crippen LogP contribution is 2.00. The Morgan fingerprint density at radius 2 is 1.69 bits per heavy atom. The molecule has 0 saturated heterocycles. The van der Waals surface area contributed by atoms with E-state index in [1.165, 1.54) is 0 Å². The van der Waals surface area contributed by atoms with Crippen molar-refractivity contribution in [1.29, 1.82) is 0 Å². The number of nitrogens with zero attached hydrogens (tertiary/aromatic N) is 2. The highest BCUT2D eigenvalue weighted by Gasteiger charge is 1.96. The number of benzene rings is 1. The van der Waals surface area contributed by atoms with Crippen LogP contribution in [-0.2, 0) is 6.54 Å². The molecular weight excluding hydrogens is 200 g/mol. The van der Waals surface area contributed by atoms with Crippen LogP contribution in [-0.4, -0.2) is 18.7 Å². The minimum absolute atomic E-state index is 0.609. The molecular formula is C12H18N4. The summed E-state index contributed by atoms with van der Waals surface area (Å²) in [6.45, 7) is 0.621.